The van der Waals surface area contributed by atoms with Crippen molar-refractivity contribution in [1.82, 2.24) is 0 Å². The maximum Gasteiger partial charge on any atom is 0.145 e. The Morgan fingerprint density at radius 3 is 2.47 bits per heavy atom. The molecule has 1 unspecified atom stereocenters. The van der Waals surface area contributed by atoms with E-state index in [1.54, 1.807) is 0 Å². The molecule has 0 radical (unpaired) electrons. The van der Waals surface area contributed by atoms with Crippen LogP contribution in [0.5, 0.6) is 5.75 Å². The summed E-state index contributed by atoms with van der Waals surface area (Å²) in [5.41, 5.74) is -0.388. The molecule has 3 heteroatoms. The highest BCUT2D eigenvalue weighted by atomic mass is 35.5. The molecule has 0 N–H and O–H groups in total. The maximum absolute atomic E-state index is 11.6. The fourth-order valence-corrected chi connectivity index (χ4v) is 2.64. The topological polar surface area (TPSA) is 26.3 Å². The molecular formula is C16H15ClO2. The van der Waals surface area contributed by atoms with Gasteiger partial charge in [0, 0.05) is 22.2 Å². The van der Waals surface area contributed by atoms with Gasteiger partial charge in [-0.05, 0) is 26.0 Å². The lowest BCUT2D eigenvalue weighted by Gasteiger charge is -2.42. The molecule has 0 bridgehead atoms. The summed E-state index contributed by atoms with van der Waals surface area (Å²) in [6, 6.07) is 11.6. The first-order chi connectivity index (χ1) is 9.00. The predicted octanol–water partition coefficient (Wildman–Crippen LogP) is 4.24. The molecular weight excluding hydrogens is 260 g/mol. The van der Waals surface area contributed by atoms with E-state index in [-0.39, 0.29) is 17.3 Å². The van der Waals surface area contributed by atoms with Crippen molar-refractivity contribution in [2.45, 2.75) is 26.4 Å². The number of rotatable bonds is 2. The van der Waals surface area contributed by atoms with E-state index in [4.69, 9.17) is 16.3 Å². The number of hydrogen-bond acceptors (Lipinski definition) is 2. The molecule has 0 heterocycles. The Kier molecular flexibility index (Phi) is 2.79. The second kappa shape index (κ2) is 4.24. The number of ketones is 1. The summed E-state index contributed by atoms with van der Waals surface area (Å²) in [5, 5.41) is 2.68. The molecule has 0 amide bonds. The smallest absolute Gasteiger partial charge is 0.145 e. The molecule has 0 aromatic heterocycles. The highest BCUT2D eigenvalue weighted by molar-refractivity contribution is 6.35. The van der Waals surface area contributed by atoms with Crippen LogP contribution >= 0.6 is 11.6 Å². The minimum Gasteiger partial charge on any atom is -0.488 e. The normalized spacial score (nSPS) is 21.2. The van der Waals surface area contributed by atoms with E-state index >= 15 is 0 Å². The number of carbonyl (C=O) groups is 1. The number of fused-ring (bicyclic) bond motifs is 1. The fraction of sp³-hybridized carbons (Fsp3) is 0.312. The summed E-state index contributed by atoms with van der Waals surface area (Å²) in [4.78, 5) is 11.6. The van der Waals surface area contributed by atoms with Crippen molar-refractivity contribution in [2.75, 3.05) is 0 Å². The zero-order chi connectivity index (χ0) is 13.6. The van der Waals surface area contributed by atoms with Crippen LogP contribution < -0.4 is 4.74 Å². The molecule has 3 rings (SSSR count). The number of hydrogen-bond donors (Lipinski definition) is 0. The second-order valence-corrected chi connectivity index (χ2v) is 5.95. The van der Waals surface area contributed by atoms with Crippen molar-refractivity contribution in [3.05, 3.63) is 41.4 Å². The van der Waals surface area contributed by atoms with Gasteiger partial charge in [-0.1, -0.05) is 35.9 Å². The van der Waals surface area contributed by atoms with Gasteiger partial charge in [0.05, 0.1) is 5.41 Å². The van der Waals surface area contributed by atoms with Crippen LogP contribution in [-0.2, 0) is 4.79 Å². The molecule has 2 nitrogen and oxygen atoms in total. The predicted molar refractivity (Wildman–Crippen MR) is 76.8 cm³/mol. The Balaban J connectivity index is 1.99. The van der Waals surface area contributed by atoms with Crippen LogP contribution in [0, 0.1) is 5.41 Å². The molecule has 0 saturated heterocycles. The molecule has 0 aliphatic heterocycles. The molecule has 0 spiro atoms. The van der Waals surface area contributed by atoms with E-state index in [1.807, 2.05) is 50.2 Å². The van der Waals surface area contributed by atoms with E-state index in [0.29, 0.717) is 11.4 Å². The van der Waals surface area contributed by atoms with Crippen LogP contribution in [0.1, 0.15) is 20.3 Å². The van der Waals surface area contributed by atoms with E-state index in [1.165, 1.54) is 0 Å². The second-order valence-electron chi connectivity index (χ2n) is 5.55. The lowest BCUT2D eigenvalue weighted by Crippen LogP contribution is -2.53. The zero-order valence-electron chi connectivity index (χ0n) is 10.9. The van der Waals surface area contributed by atoms with Gasteiger partial charge >= 0.3 is 0 Å². The summed E-state index contributed by atoms with van der Waals surface area (Å²) >= 11 is 6.18. The third kappa shape index (κ3) is 1.91. The summed E-state index contributed by atoms with van der Waals surface area (Å²) in [5.74, 6) is 1.06. The van der Waals surface area contributed by atoms with Gasteiger partial charge in [-0.25, -0.2) is 0 Å². The van der Waals surface area contributed by atoms with Gasteiger partial charge < -0.3 is 4.74 Å². The van der Waals surface area contributed by atoms with E-state index in [2.05, 4.69) is 0 Å². The Hall–Kier alpha value is -1.54. The first kappa shape index (κ1) is 12.5. The molecule has 2 aromatic rings. The van der Waals surface area contributed by atoms with Crippen molar-refractivity contribution >= 4 is 28.2 Å². The van der Waals surface area contributed by atoms with Crippen molar-refractivity contribution in [1.29, 1.82) is 0 Å². The molecule has 2 aromatic carbocycles. The van der Waals surface area contributed by atoms with Crippen LogP contribution in [0.25, 0.3) is 10.8 Å². The molecule has 98 valence electrons. The SMILES string of the molecule is CC1(C)C(=O)CC1Oc1ccc(Cl)c2ccccc12. The molecule has 19 heavy (non-hydrogen) atoms. The van der Waals surface area contributed by atoms with Crippen LogP contribution in [0.3, 0.4) is 0 Å². The van der Waals surface area contributed by atoms with E-state index in [9.17, 15) is 4.79 Å². The Bertz CT molecular complexity index is 661. The minimum atomic E-state index is -0.388. The van der Waals surface area contributed by atoms with Crippen molar-refractivity contribution in [3.8, 4) is 5.75 Å². The summed E-state index contributed by atoms with van der Waals surface area (Å²) in [7, 11) is 0. The molecule has 1 aliphatic rings. The van der Waals surface area contributed by atoms with Gasteiger partial charge in [0.15, 0.2) is 0 Å². The van der Waals surface area contributed by atoms with Crippen LogP contribution in [0.2, 0.25) is 5.02 Å². The molecule has 1 aliphatic carbocycles. The molecule has 1 saturated carbocycles. The monoisotopic (exact) mass is 274 g/mol. The summed E-state index contributed by atoms with van der Waals surface area (Å²) in [6.45, 7) is 3.86. The molecule has 1 atom stereocenters. The standard InChI is InChI=1S/C16H15ClO2/c1-16(2)14(18)9-15(16)19-13-8-7-12(17)10-5-3-4-6-11(10)13/h3-8,15H,9H2,1-2H3. The third-order valence-electron chi connectivity index (χ3n) is 3.99. The van der Waals surface area contributed by atoms with Crippen LogP contribution in [0.4, 0.5) is 0 Å². The number of ether oxygens (including phenoxy) is 1. The number of Topliss-reactive ketones (excluding diaryl/α,β-unsaturated/α-hetero) is 1. The average Bonchev–Trinajstić information content (AvgIpc) is 2.41. The average molecular weight is 275 g/mol. The fourth-order valence-electron chi connectivity index (χ4n) is 2.41. The van der Waals surface area contributed by atoms with Gasteiger partial charge in [-0.2, -0.15) is 0 Å². The summed E-state index contributed by atoms with van der Waals surface area (Å²) < 4.78 is 6.02. The van der Waals surface area contributed by atoms with Gasteiger partial charge in [-0.15, -0.1) is 0 Å². The van der Waals surface area contributed by atoms with Crippen molar-refractivity contribution in [3.63, 3.8) is 0 Å². The quantitative estimate of drug-likeness (QED) is 0.819. The summed E-state index contributed by atoms with van der Waals surface area (Å²) in [6.07, 6.45) is 0.439. The largest absolute Gasteiger partial charge is 0.488 e. The Morgan fingerprint density at radius 2 is 1.84 bits per heavy atom. The van der Waals surface area contributed by atoms with Gasteiger partial charge in [0.1, 0.15) is 17.6 Å². The molecule has 1 fully saturated rings. The lowest BCUT2D eigenvalue weighted by molar-refractivity contribution is -0.147. The Morgan fingerprint density at radius 1 is 1.16 bits per heavy atom. The Labute approximate surface area is 117 Å². The number of benzene rings is 2. The van der Waals surface area contributed by atoms with E-state index < -0.39 is 0 Å². The van der Waals surface area contributed by atoms with E-state index in [0.717, 1.165) is 16.5 Å². The first-order valence-corrected chi connectivity index (χ1v) is 6.75. The third-order valence-corrected chi connectivity index (χ3v) is 4.32. The van der Waals surface area contributed by atoms with Gasteiger partial charge in [-0.3, -0.25) is 4.79 Å². The highest BCUT2D eigenvalue weighted by Gasteiger charge is 2.49. The number of halogens is 1. The van der Waals surface area contributed by atoms with Crippen LogP contribution in [-0.4, -0.2) is 11.9 Å². The van der Waals surface area contributed by atoms with Crippen LogP contribution in [0.15, 0.2) is 36.4 Å². The van der Waals surface area contributed by atoms with Gasteiger partial charge in [0.2, 0.25) is 0 Å². The zero-order valence-corrected chi connectivity index (χ0v) is 11.7. The lowest BCUT2D eigenvalue weighted by atomic mass is 9.68. The van der Waals surface area contributed by atoms with Crippen molar-refractivity contribution in [2.24, 2.45) is 5.41 Å². The van der Waals surface area contributed by atoms with Gasteiger partial charge in [0.25, 0.3) is 0 Å². The minimum absolute atomic E-state index is 0.0513. The van der Waals surface area contributed by atoms with Crippen molar-refractivity contribution < 1.29 is 9.53 Å². The highest BCUT2D eigenvalue weighted by Crippen LogP contribution is 2.41. The maximum atomic E-state index is 11.6. The first-order valence-electron chi connectivity index (χ1n) is 6.37. The number of carbonyl (C=O) groups excluding carboxylic acids is 1.